The summed E-state index contributed by atoms with van der Waals surface area (Å²) in [6, 6.07) is 4.26. The van der Waals surface area contributed by atoms with Crippen molar-refractivity contribution in [1.29, 1.82) is 5.41 Å². The molecule has 0 bridgehead atoms. The Morgan fingerprint density at radius 2 is 2.17 bits per heavy atom. The van der Waals surface area contributed by atoms with Crippen LogP contribution >= 0.6 is 11.3 Å². The third-order valence-corrected chi connectivity index (χ3v) is 5.39. The number of hydrogen-bond acceptors (Lipinski definition) is 7. The van der Waals surface area contributed by atoms with Crippen molar-refractivity contribution in [2.75, 3.05) is 24.2 Å². The second-order valence-electron chi connectivity index (χ2n) is 6.22. The Morgan fingerprint density at radius 1 is 1.38 bits per heavy atom. The molecule has 1 aliphatic carbocycles. The van der Waals surface area contributed by atoms with Gasteiger partial charge in [-0.15, -0.1) is 11.3 Å². The topological polar surface area (TPSA) is 99.7 Å². The lowest BCUT2D eigenvalue weighted by Crippen LogP contribution is -2.29. The molecule has 0 atom stereocenters. The molecule has 0 spiro atoms. The Hall–Kier alpha value is -1.99. The SMILES string of the molecule is CNc1ncc(C(=N)c2cccs2)c(NCC2CCC(N)CC2)n1. The monoisotopic (exact) mass is 344 g/mol. The van der Waals surface area contributed by atoms with Gasteiger partial charge < -0.3 is 16.4 Å². The van der Waals surface area contributed by atoms with E-state index in [-0.39, 0.29) is 0 Å². The van der Waals surface area contributed by atoms with Crippen LogP contribution in [0.15, 0.2) is 23.7 Å². The Balaban J connectivity index is 1.76. The Kier molecular flexibility index (Phi) is 5.42. The zero-order valence-corrected chi connectivity index (χ0v) is 14.7. The number of aromatic nitrogens is 2. The fourth-order valence-electron chi connectivity index (χ4n) is 3.01. The van der Waals surface area contributed by atoms with Gasteiger partial charge in [-0.1, -0.05) is 6.07 Å². The van der Waals surface area contributed by atoms with Gasteiger partial charge in [-0.25, -0.2) is 4.98 Å². The van der Waals surface area contributed by atoms with Gasteiger partial charge in [-0.05, 0) is 43.0 Å². The zero-order valence-electron chi connectivity index (χ0n) is 13.9. The van der Waals surface area contributed by atoms with Gasteiger partial charge in [0.05, 0.1) is 16.2 Å². The van der Waals surface area contributed by atoms with Gasteiger partial charge in [0, 0.05) is 25.8 Å². The average Bonchev–Trinajstić information content (AvgIpc) is 3.15. The molecular weight excluding hydrogens is 320 g/mol. The molecule has 6 nitrogen and oxygen atoms in total. The maximum absolute atomic E-state index is 8.46. The fraction of sp³-hybridized carbons (Fsp3) is 0.471. The summed E-state index contributed by atoms with van der Waals surface area (Å²) >= 11 is 1.55. The van der Waals surface area contributed by atoms with Crippen LogP contribution in [0.4, 0.5) is 11.8 Å². The first kappa shape index (κ1) is 16.9. The molecule has 5 N–H and O–H groups in total. The lowest BCUT2D eigenvalue weighted by atomic mass is 9.86. The van der Waals surface area contributed by atoms with Crippen molar-refractivity contribution in [1.82, 2.24) is 9.97 Å². The van der Waals surface area contributed by atoms with Crippen LogP contribution in [-0.4, -0.2) is 35.3 Å². The van der Waals surface area contributed by atoms with E-state index in [1.54, 1.807) is 24.6 Å². The molecule has 1 saturated carbocycles. The molecule has 1 fully saturated rings. The smallest absolute Gasteiger partial charge is 0.224 e. The first-order chi connectivity index (χ1) is 11.7. The summed E-state index contributed by atoms with van der Waals surface area (Å²) in [7, 11) is 1.80. The Labute approximate surface area is 146 Å². The number of thiophene rings is 1. The molecular formula is C17H24N6S. The number of rotatable bonds is 6. The van der Waals surface area contributed by atoms with E-state index in [1.807, 2.05) is 17.5 Å². The van der Waals surface area contributed by atoms with Crippen LogP contribution in [-0.2, 0) is 0 Å². The van der Waals surface area contributed by atoms with E-state index in [9.17, 15) is 0 Å². The van der Waals surface area contributed by atoms with Gasteiger partial charge in [0.25, 0.3) is 0 Å². The van der Waals surface area contributed by atoms with Gasteiger partial charge >= 0.3 is 0 Å². The molecule has 2 aromatic heterocycles. The van der Waals surface area contributed by atoms with Crippen molar-refractivity contribution >= 4 is 28.8 Å². The number of nitrogens with zero attached hydrogens (tertiary/aromatic N) is 2. The molecule has 3 rings (SSSR count). The molecule has 1 aliphatic rings. The van der Waals surface area contributed by atoms with Gasteiger partial charge in [0.2, 0.25) is 5.95 Å². The Morgan fingerprint density at radius 3 is 2.83 bits per heavy atom. The third kappa shape index (κ3) is 3.91. The van der Waals surface area contributed by atoms with Gasteiger partial charge in [-0.3, -0.25) is 5.41 Å². The molecule has 2 heterocycles. The van der Waals surface area contributed by atoms with Crippen LogP contribution in [0.3, 0.4) is 0 Å². The molecule has 0 saturated heterocycles. The summed E-state index contributed by atoms with van der Waals surface area (Å²) in [5, 5.41) is 16.8. The lowest BCUT2D eigenvalue weighted by Gasteiger charge is -2.26. The molecule has 2 aromatic rings. The maximum atomic E-state index is 8.46. The first-order valence-corrected chi connectivity index (χ1v) is 9.22. The molecule has 0 radical (unpaired) electrons. The second-order valence-corrected chi connectivity index (χ2v) is 7.17. The summed E-state index contributed by atoms with van der Waals surface area (Å²) in [5.41, 5.74) is 7.18. The van der Waals surface area contributed by atoms with Crippen molar-refractivity contribution < 1.29 is 0 Å². The zero-order chi connectivity index (χ0) is 16.9. The standard InChI is InChI=1S/C17H24N6S/c1-20-17-22-10-13(15(19)14-3-2-8-24-14)16(23-17)21-9-11-4-6-12(18)7-5-11/h2-3,8,10-12,19H,4-7,9,18H2,1H3,(H2,20,21,22,23). The van der Waals surface area contributed by atoms with E-state index >= 15 is 0 Å². The molecule has 0 amide bonds. The Bertz CT molecular complexity index is 676. The summed E-state index contributed by atoms with van der Waals surface area (Å²) < 4.78 is 0. The molecule has 7 heteroatoms. The highest BCUT2D eigenvalue weighted by Gasteiger charge is 2.20. The van der Waals surface area contributed by atoms with Crippen molar-refractivity contribution in [2.24, 2.45) is 11.7 Å². The van der Waals surface area contributed by atoms with Crippen molar-refractivity contribution in [3.8, 4) is 0 Å². The minimum Gasteiger partial charge on any atom is -0.369 e. The molecule has 24 heavy (non-hydrogen) atoms. The predicted molar refractivity (Wildman–Crippen MR) is 100 cm³/mol. The van der Waals surface area contributed by atoms with E-state index in [0.717, 1.165) is 48.5 Å². The minimum absolute atomic E-state index is 0.360. The van der Waals surface area contributed by atoms with Crippen molar-refractivity contribution in [3.05, 3.63) is 34.2 Å². The summed E-state index contributed by atoms with van der Waals surface area (Å²) in [6.45, 7) is 0.859. The van der Waals surface area contributed by atoms with Crippen molar-refractivity contribution in [3.63, 3.8) is 0 Å². The first-order valence-electron chi connectivity index (χ1n) is 8.34. The fourth-order valence-corrected chi connectivity index (χ4v) is 3.70. The van der Waals surface area contributed by atoms with E-state index in [1.165, 1.54) is 0 Å². The minimum atomic E-state index is 0.360. The van der Waals surface area contributed by atoms with Crippen LogP contribution in [0.25, 0.3) is 0 Å². The van der Waals surface area contributed by atoms with Crippen LogP contribution in [0.5, 0.6) is 0 Å². The number of nitrogens with two attached hydrogens (primary N) is 1. The van der Waals surface area contributed by atoms with E-state index < -0.39 is 0 Å². The summed E-state index contributed by atoms with van der Waals surface area (Å²) in [6.07, 6.45) is 6.21. The summed E-state index contributed by atoms with van der Waals surface area (Å²) in [4.78, 5) is 9.72. The quantitative estimate of drug-likeness (QED) is 0.604. The number of nitrogens with one attached hydrogen (secondary N) is 3. The largest absolute Gasteiger partial charge is 0.369 e. The maximum Gasteiger partial charge on any atom is 0.224 e. The highest BCUT2D eigenvalue weighted by atomic mass is 32.1. The second kappa shape index (κ2) is 7.72. The normalized spacial score (nSPS) is 20.6. The van der Waals surface area contributed by atoms with E-state index in [0.29, 0.717) is 23.6 Å². The van der Waals surface area contributed by atoms with Crippen LogP contribution in [0.1, 0.15) is 36.1 Å². The molecule has 0 unspecified atom stereocenters. The highest BCUT2D eigenvalue weighted by Crippen LogP contribution is 2.25. The third-order valence-electron chi connectivity index (χ3n) is 4.50. The predicted octanol–water partition coefficient (Wildman–Crippen LogP) is 2.93. The average molecular weight is 344 g/mol. The molecule has 128 valence electrons. The van der Waals surface area contributed by atoms with Crippen LogP contribution in [0, 0.1) is 11.3 Å². The molecule has 0 aromatic carbocycles. The van der Waals surface area contributed by atoms with E-state index in [4.69, 9.17) is 11.1 Å². The number of hydrogen-bond donors (Lipinski definition) is 4. The van der Waals surface area contributed by atoms with Gasteiger partial charge in [-0.2, -0.15) is 4.98 Å². The highest BCUT2D eigenvalue weighted by molar-refractivity contribution is 7.12. The van der Waals surface area contributed by atoms with Crippen LogP contribution in [0.2, 0.25) is 0 Å². The molecule has 0 aliphatic heterocycles. The number of anilines is 2. The summed E-state index contributed by atoms with van der Waals surface area (Å²) in [5.74, 6) is 1.90. The van der Waals surface area contributed by atoms with Gasteiger partial charge in [0.1, 0.15) is 5.82 Å². The van der Waals surface area contributed by atoms with Crippen LogP contribution < -0.4 is 16.4 Å². The van der Waals surface area contributed by atoms with Gasteiger partial charge in [0.15, 0.2) is 0 Å². The lowest BCUT2D eigenvalue weighted by molar-refractivity contribution is 0.338. The van der Waals surface area contributed by atoms with E-state index in [2.05, 4.69) is 20.6 Å². The van der Waals surface area contributed by atoms with Crippen molar-refractivity contribution in [2.45, 2.75) is 31.7 Å².